The Morgan fingerprint density at radius 2 is 1.89 bits per heavy atom. The lowest BCUT2D eigenvalue weighted by Gasteiger charge is -2.09. The second-order valence-corrected chi connectivity index (χ2v) is 9.05. The quantitative estimate of drug-likeness (QED) is 0.310. The maximum absolute atomic E-state index is 13.7. The van der Waals surface area contributed by atoms with Crippen LogP contribution in [0.4, 0.5) is 0 Å². The largest absolute Gasteiger partial charge is 0.336 e. The predicted molar refractivity (Wildman–Crippen MR) is 140 cm³/mol. The molecular formula is C27H28N8O2. The van der Waals surface area contributed by atoms with Gasteiger partial charge in [-0.1, -0.05) is 31.5 Å². The molecule has 0 unspecified atom stereocenters. The molecule has 4 aromatic heterocycles. The number of hydrogen-bond donors (Lipinski definition) is 1. The third-order valence-corrected chi connectivity index (χ3v) is 6.45. The maximum Gasteiger partial charge on any atom is 0.334 e. The van der Waals surface area contributed by atoms with Crippen molar-refractivity contribution in [1.29, 1.82) is 0 Å². The first kappa shape index (κ1) is 24.1. The molecule has 0 saturated carbocycles. The summed E-state index contributed by atoms with van der Waals surface area (Å²) < 4.78 is 5.15. The molecular weight excluding hydrogens is 468 g/mol. The Balaban J connectivity index is 1.53. The molecule has 188 valence electrons. The van der Waals surface area contributed by atoms with E-state index in [4.69, 9.17) is 0 Å². The van der Waals surface area contributed by atoms with E-state index >= 15 is 0 Å². The van der Waals surface area contributed by atoms with Crippen molar-refractivity contribution in [3.63, 3.8) is 0 Å². The number of unbranched alkanes of at least 4 members (excludes halogenated alkanes) is 1. The van der Waals surface area contributed by atoms with E-state index in [1.54, 1.807) is 27.6 Å². The monoisotopic (exact) mass is 496 g/mol. The molecule has 0 atom stereocenters. The molecule has 37 heavy (non-hydrogen) atoms. The Kier molecular flexibility index (Phi) is 6.63. The number of nitrogens with one attached hydrogen (secondary N) is 1. The summed E-state index contributed by atoms with van der Waals surface area (Å²) in [5.41, 5.74) is 4.84. The second-order valence-electron chi connectivity index (χ2n) is 9.05. The summed E-state index contributed by atoms with van der Waals surface area (Å²) in [6.45, 7) is 3.96. The minimum Gasteiger partial charge on any atom is -0.336 e. The van der Waals surface area contributed by atoms with Crippen LogP contribution in [0.3, 0.4) is 0 Å². The van der Waals surface area contributed by atoms with Crippen LogP contribution in [0.2, 0.25) is 0 Å². The van der Waals surface area contributed by atoms with Crippen molar-refractivity contribution in [3.8, 4) is 28.3 Å². The lowest BCUT2D eigenvalue weighted by atomic mass is 10.0. The van der Waals surface area contributed by atoms with Crippen LogP contribution in [-0.4, -0.2) is 45.1 Å². The molecule has 0 saturated heterocycles. The summed E-state index contributed by atoms with van der Waals surface area (Å²) in [6.07, 6.45) is 8.13. The van der Waals surface area contributed by atoms with Crippen LogP contribution in [0.1, 0.15) is 48.4 Å². The van der Waals surface area contributed by atoms with Crippen LogP contribution < -0.4 is 5.69 Å². The molecule has 0 aliphatic heterocycles. The number of hydrogen-bond acceptors (Lipinski definition) is 6. The lowest BCUT2D eigenvalue weighted by molar-refractivity contribution is 0.101. The standard InChI is InChI=1S/C27H28N8O2/c1-4-5-9-23-17-35(26-24(18(2)36)11-13-33(26)3)27(37)34(23)16-22-15-20(10-12-28-22)19-7-6-8-21(14-19)25-29-31-32-30-25/h6-8,10-15,17H,4-5,9,16H2,1-3H3,(H,29,30,31,32). The van der Waals surface area contributed by atoms with Gasteiger partial charge in [0.2, 0.25) is 0 Å². The van der Waals surface area contributed by atoms with Crippen molar-refractivity contribution >= 4 is 5.78 Å². The van der Waals surface area contributed by atoms with Gasteiger partial charge in [-0.2, -0.15) is 0 Å². The summed E-state index contributed by atoms with van der Waals surface area (Å²) in [5.74, 6) is 1.09. The number of Topliss-reactive ketones (excluding diaryl/α,β-unsaturated/α-hetero) is 1. The van der Waals surface area contributed by atoms with E-state index in [1.165, 1.54) is 6.92 Å². The zero-order valence-electron chi connectivity index (χ0n) is 21.0. The van der Waals surface area contributed by atoms with Gasteiger partial charge in [0.25, 0.3) is 0 Å². The SMILES string of the molecule is CCCCc1cn(-c2c(C(C)=O)ccn2C)c(=O)n1Cc1cc(-c2cccc(-c3nnn[nH]3)c2)ccn1. The Morgan fingerprint density at radius 1 is 1.08 bits per heavy atom. The van der Waals surface area contributed by atoms with Crippen molar-refractivity contribution < 1.29 is 4.79 Å². The molecule has 10 heteroatoms. The van der Waals surface area contributed by atoms with E-state index in [1.807, 2.05) is 54.2 Å². The van der Waals surface area contributed by atoms with Crippen molar-refractivity contribution in [2.75, 3.05) is 0 Å². The van der Waals surface area contributed by atoms with Crippen molar-refractivity contribution in [2.45, 2.75) is 39.7 Å². The molecule has 0 amide bonds. The summed E-state index contributed by atoms with van der Waals surface area (Å²) >= 11 is 0. The number of aryl methyl sites for hydroxylation is 2. The van der Waals surface area contributed by atoms with Gasteiger partial charge in [0.05, 0.1) is 17.8 Å². The van der Waals surface area contributed by atoms with Gasteiger partial charge >= 0.3 is 5.69 Å². The second kappa shape index (κ2) is 10.2. The molecule has 0 aliphatic rings. The van der Waals surface area contributed by atoms with Crippen LogP contribution in [0.5, 0.6) is 0 Å². The molecule has 1 N–H and O–H groups in total. The highest BCUT2D eigenvalue weighted by molar-refractivity contribution is 5.97. The zero-order valence-corrected chi connectivity index (χ0v) is 21.0. The Bertz CT molecular complexity index is 1610. The van der Waals surface area contributed by atoms with Crippen molar-refractivity contribution in [1.82, 2.24) is 39.3 Å². The average molecular weight is 497 g/mol. The fourth-order valence-electron chi connectivity index (χ4n) is 4.53. The summed E-state index contributed by atoms with van der Waals surface area (Å²) in [4.78, 5) is 30.5. The van der Waals surface area contributed by atoms with Crippen molar-refractivity contribution in [3.05, 3.63) is 88.5 Å². The molecule has 1 aromatic carbocycles. The highest BCUT2D eigenvalue weighted by atomic mass is 16.2. The minimum absolute atomic E-state index is 0.0805. The highest BCUT2D eigenvalue weighted by Crippen LogP contribution is 2.25. The number of imidazole rings is 1. The van der Waals surface area contributed by atoms with Gasteiger partial charge in [-0.25, -0.2) is 9.89 Å². The van der Waals surface area contributed by atoms with Gasteiger partial charge in [-0.05, 0) is 65.6 Å². The number of rotatable bonds is 9. The van der Waals surface area contributed by atoms with Gasteiger partial charge in [0.1, 0.15) is 5.82 Å². The van der Waals surface area contributed by atoms with E-state index in [2.05, 4.69) is 32.5 Å². The van der Waals surface area contributed by atoms with Gasteiger partial charge < -0.3 is 4.57 Å². The Hall–Kier alpha value is -4.60. The third kappa shape index (κ3) is 4.77. The number of benzene rings is 1. The van der Waals surface area contributed by atoms with Gasteiger partial charge in [-0.3, -0.25) is 18.9 Å². The van der Waals surface area contributed by atoms with Crippen molar-refractivity contribution in [2.24, 2.45) is 7.05 Å². The number of pyridine rings is 1. The molecule has 10 nitrogen and oxygen atoms in total. The zero-order chi connectivity index (χ0) is 25.9. The van der Waals surface area contributed by atoms with Gasteiger partial charge in [0.15, 0.2) is 11.6 Å². The highest BCUT2D eigenvalue weighted by Gasteiger charge is 2.19. The van der Waals surface area contributed by atoms with Gasteiger partial charge in [0, 0.05) is 36.9 Å². The van der Waals surface area contributed by atoms with Crippen LogP contribution in [0.15, 0.2) is 65.8 Å². The Morgan fingerprint density at radius 3 is 2.65 bits per heavy atom. The predicted octanol–water partition coefficient (Wildman–Crippen LogP) is 3.81. The first-order valence-electron chi connectivity index (χ1n) is 12.2. The van der Waals surface area contributed by atoms with Crippen LogP contribution in [-0.2, 0) is 20.0 Å². The van der Waals surface area contributed by atoms with Gasteiger partial charge in [-0.15, -0.1) is 5.10 Å². The van der Waals surface area contributed by atoms with Crippen LogP contribution >= 0.6 is 0 Å². The molecule has 5 rings (SSSR count). The molecule has 0 spiro atoms. The Labute approximate surface area is 213 Å². The first-order valence-corrected chi connectivity index (χ1v) is 12.2. The van der Waals surface area contributed by atoms with Crippen LogP contribution in [0.25, 0.3) is 28.3 Å². The number of aromatic nitrogens is 8. The molecule has 0 aliphatic carbocycles. The summed E-state index contributed by atoms with van der Waals surface area (Å²) in [7, 11) is 1.84. The number of tetrazole rings is 1. The van der Waals surface area contributed by atoms with E-state index in [-0.39, 0.29) is 11.5 Å². The van der Waals surface area contributed by atoms with E-state index in [0.29, 0.717) is 23.8 Å². The average Bonchev–Trinajstić information content (AvgIpc) is 3.64. The fourth-order valence-corrected chi connectivity index (χ4v) is 4.53. The first-order chi connectivity index (χ1) is 18.0. The fraction of sp³-hybridized carbons (Fsp3) is 0.259. The lowest BCUT2D eigenvalue weighted by Crippen LogP contribution is -2.26. The normalized spacial score (nSPS) is 11.2. The van der Waals surface area contributed by atoms with Crippen LogP contribution in [0, 0.1) is 0 Å². The van der Waals surface area contributed by atoms with E-state index in [0.717, 1.165) is 47.3 Å². The van der Waals surface area contributed by atoms with E-state index < -0.39 is 0 Å². The summed E-state index contributed by atoms with van der Waals surface area (Å²) in [6, 6.07) is 13.6. The third-order valence-electron chi connectivity index (χ3n) is 6.45. The number of nitrogens with zero attached hydrogens (tertiary/aromatic N) is 7. The molecule has 0 radical (unpaired) electrons. The maximum atomic E-state index is 13.7. The van der Waals surface area contributed by atoms with E-state index in [9.17, 15) is 9.59 Å². The minimum atomic E-state index is -0.192. The molecule has 5 aromatic rings. The molecule has 0 bridgehead atoms. The molecule has 0 fully saturated rings. The number of carbonyl (C=O) groups excluding carboxylic acids is 1. The molecule has 4 heterocycles. The topological polar surface area (TPSA) is 116 Å². The number of ketones is 1. The smallest absolute Gasteiger partial charge is 0.334 e. The number of H-pyrrole nitrogens is 1. The number of aromatic amines is 1. The number of carbonyl (C=O) groups is 1. The summed E-state index contributed by atoms with van der Waals surface area (Å²) in [5, 5.41) is 14.1.